The van der Waals surface area contributed by atoms with Crippen LogP contribution in [0.1, 0.15) is 102 Å². The van der Waals surface area contributed by atoms with E-state index in [9.17, 15) is 58.5 Å². The minimum atomic E-state index is -1.56. The van der Waals surface area contributed by atoms with Gasteiger partial charge in [0, 0.05) is 0 Å². The predicted molar refractivity (Wildman–Crippen MR) is 225 cm³/mol. The topological polar surface area (TPSA) is 337 Å². The molecule has 0 aromatic heterocycles. The maximum absolute atomic E-state index is 13.7. The molecule has 0 fully saturated rings. The molecule has 21 nitrogen and oxygen atoms in total. The summed E-state index contributed by atoms with van der Waals surface area (Å²) in [5.41, 5.74) is 5.85. The van der Waals surface area contributed by atoms with Gasteiger partial charge in [-0.1, -0.05) is 82.1 Å². The molecule has 21 heteroatoms. The molecule has 0 bridgehead atoms. The Balaban J connectivity index is 5.77. The lowest BCUT2D eigenvalue weighted by Gasteiger charge is -2.29. The molecule has 0 aromatic rings. The van der Waals surface area contributed by atoms with Crippen molar-refractivity contribution in [2.75, 3.05) is 19.7 Å². The third-order valence-corrected chi connectivity index (χ3v) is 9.98. The average molecular weight is 872 g/mol. The summed E-state index contributed by atoms with van der Waals surface area (Å²) in [6.07, 6.45) is -0.173. The first-order valence-corrected chi connectivity index (χ1v) is 20.9. The molecule has 0 rings (SSSR count). The Kier molecular flexibility index (Phi) is 25.6. The van der Waals surface area contributed by atoms with Crippen LogP contribution in [0.3, 0.4) is 0 Å². The summed E-state index contributed by atoms with van der Waals surface area (Å²) in [5.74, 6) is -9.07. The lowest BCUT2D eigenvalue weighted by Crippen LogP contribution is -2.61. The number of carbonyl (C=O) groups is 9. The highest BCUT2D eigenvalue weighted by atomic mass is 16.4. The second-order valence-corrected chi connectivity index (χ2v) is 16.8. The number of carbonyl (C=O) groups excluding carboxylic acids is 8. The molecule has 10 atom stereocenters. The van der Waals surface area contributed by atoms with Crippen LogP contribution in [0.4, 0.5) is 0 Å². The number of amides is 8. The van der Waals surface area contributed by atoms with Gasteiger partial charge in [-0.25, -0.2) is 4.79 Å². The zero-order chi connectivity index (χ0) is 47.3. The van der Waals surface area contributed by atoms with E-state index in [1.54, 1.807) is 55.4 Å². The van der Waals surface area contributed by atoms with Gasteiger partial charge in [-0.2, -0.15) is 0 Å². The molecule has 13 N–H and O–H groups in total. The molecule has 0 saturated heterocycles. The van der Waals surface area contributed by atoms with Crippen LogP contribution >= 0.6 is 0 Å². The molecule has 61 heavy (non-hydrogen) atoms. The van der Waals surface area contributed by atoms with Crippen molar-refractivity contribution in [3.05, 3.63) is 0 Å². The molecule has 0 unspecified atom stereocenters. The van der Waals surface area contributed by atoms with Crippen LogP contribution < -0.4 is 48.3 Å². The fourth-order valence-corrected chi connectivity index (χ4v) is 5.89. The van der Waals surface area contributed by atoms with Gasteiger partial charge in [0.25, 0.3) is 0 Å². The second-order valence-electron chi connectivity index (χ2n) is 16.8. The molecule has 8 amide bonds. The minimum Gasteiger partial charge on any atom is -0.480 e. The van der Waals surface area contributed by atoms with E-state index in [-0.39, 0.29) is 18.3 Å². The van der Waals surface area contributed by atoms with Gasteiger partial charge in [-0.15, -0.1) is 0 Å². The predicted octanol–water partition coefficient (Wildman–Crippen LogP) is -2.25. The highest BCUT2D eigenvalue weighted by Gasteiger charge is 2.36. The van der Waals surface area contributed by atoms with E-state index < -0.39 is 139 Å². The Morgan fingerprint density at radius 3 is 1.34 bits per heavy atom. The number of aliphatic hydroxyl groups is 2. The highest BCUT2D eigenvalue weighted by Crippen LogP contribution is 2.13. The molecular weight excluding hydrogens is 798 g/mol. The van der Waals surface area contributed by atoms with Crippen molar-refractivity contribution in [3.8, 4) is 0 Å². The third-order valence-electron chi connectivity index (χ3n) is 9.98. The van der Waals surface area contributed by atoms with Crippen molar-refractivity contribution in [2.24, 2.45) is 35.3 Å². The molecule has 0 aliphatic rings. The number of nitrogens with one attached hydrogen (secondary N) is 8. The number of hydrogen-bond acceptors (Lipinski definition) is 12. The molecule has 0 aliphatic carbocycles. The monoisotopic (exact) mass is 872 g/mol. The standard InChI is InChI=1S/C40H73N9O12/c1-12-22(9)31(46-28(52)16-42-35(55)27(18-50)45-34(54)25(41)14-19(3)4)37(57)43-17-29(53)47-32(23(10)13-2)38(58)44-26(15-20(5)6)36(56)49-33(24(11)51)39(59)48-30(21(7)8)40(60)61/h19-27,30-33,50-51H,12-18,41H2,1-11H3,(H,42,55)(H,43,57)(H,44,58)(H,45,54)(H,46,52)(H,47,53)(H,48,59)(H,49,56)(H,60,61)/t22-,23-,24+,25-,26-,27-,30-,31-,32-,33-/m0/s1. The Bertz CT molecular complexity index is 1490. The Labute approximate surface area is 359 Å². The summed E-state index contributed by atoms with van der Waals surface area (Å²) in [4.78, 5) is 116. The third kappa shape index (κ3) is 20.5. The minimum absolute atomic E-state index is 0.0881. The van der Waals surface area contributed by atoms with Crippen molar-refractivity contribution in [1.29, 1.82) is 0 Å². The van der Waals surface area contributed by atoms with Crippen molar-refractivity contribution in [2.45, 2.75) is 150 Å². The average Bonchev–Trinajstić information content (AvgIpc) is 3.17. The lowest BCUT2D eigenvalue weighted by atomic mass is 9.96. The molecule has 0 aromatic carbocycles. The number of carboxylic acid groups (broad SMARTS) is 1. The fraction of sp³-hybridized carbons (Fsp3) is 0.775. The molecule has 0 spiro atoms. The number of carboxylic acids is 1. The zero-order valence-corrected chi connectivity index (χ0v) is 37.5. The van der Waals surface area contributed by atoms with Gasteiger partial charge < -0.3 is 63.6 Å². The number of aliphatic carboxylic acids is 1. The van der Waals surface area contributed by atoms with Crippen molar-refractivity contribution < 1.29 is 58.5 Å². The largest absolute Gasteiger partial charge is 0.480 e. The Hall–Kier alpha value is -4.89. The van der Waals surface area contributed by atoms with Crippen LogP contribution in [0.5, 0.6) is 0 Å². The van der Waals surface area contributed by atoms with E-state index in [1.165, 1.54) is 6.92 Å². The highest BCUT2D eigenvalue weighted by molar-refractivity contribution is 5.97. The summed E-state index contributed by atoms with van der Waals surface area (Å²) in [7, 11) is 0. The van der Waals surface area contributed by atoms with E-state index in [0.717, 1.165) is 0 Å². The summed E-state index contributed by atoms with van der Waals surface area (Å²) in [6, 6.07) is -8.73. The maximum atomic E-state index is 13.7. The lowest BCUT2D eigenvalue weighted by molar-refractivity contribution is -0.144. The number of aliphatic hydroxyl groups excluding tert-OH is 2. The van der Waals surface area contributed by atoms with Gasteiger partial charge in [0.2, 0.25) is 47.3 Å². The van der Waals surface area contributed by atoms with Crippen molar-refractivity contribution in [3.63, 3.8) is 0 Å². The van der Waals surface area contributed by atoms with Crippen LogP contribution in [-0.2, 0) is 43.2 Å². The van der Waals surface area contributed by atoms with E-state index >= 15 is 0 Å². The number of nitrogens with two attached hydrogens (primary N) is 1. The SMILES string of the molecule is CC[C@H](C)[C@H](NC(=O)CNC(=O)[C@H](CO)NC(=O)[C@@H](N)CC(C)C)C(=O)NCC(=O)N[C@H](C(=O)N[C@@H](CC(C)C)C(=O)N[C@H](C(=O)N[C@H](C(=O)O)C(C)C)[C@@H](C)O)[C@@H](C)CC. The van der Waals surface area contributed by atoms with Crippen LogP contribution in [-0.4, -0.2) is 137 Å². The summed E-state index contributed by atoms with van der Waals surface area (Å²) < 4.78 is 0. The molecule has 0 aliphatic heterocycles. The van der Waals surface area contributed by atoms with Gasteiger partial charge in [0.05, 0.1) is 31.8 Å². The number of hydrogen-bond donors (Lipinski definition) is 12. The first-order valence-electron chi connectivity index (χ1n) is 20.9. The first kappa shape index (κ1) is 56.1. The maximum Gasteiger partial charge on any atom is 0.326 e. The molecule has 0 heterocycles. The van der Waals surface area contributed by atoms with Crippen molar-refractivity contribution in [1.82, 2.24) is 42.5 Å². The van der Waals surface area contributed by atoms with Gasteiger partial charge in [0.15, 0.2) is 0 Å². The Morgan fingerprint density at radius 2 is 0.934 bits per heavy atom. The van der Waals surface area contributed by atoms with Crippen LogP contribution in [0.25, 0.3) is 0 Å². The zero-order valence-electron chi connectivity index (χ0n) is 37.5. The summed E-state index contributed by atoms with van der Waals surface area (Å²) >= 11 is 0. The van der Waals surface area contributed by atoms with Gasteiger partial charge in [0.1, 0.15) is 36.3 Å². The summed E-state index contributed by atoms with van der Waals surface area (Å²) in [6.45, 7) is 16.6. The first-order chi connectivity index (χ1) is 28.3. The van der Waals surface area contributed by atoms with E-state index in [0.29, 0.717) is 19.3 Å². The van der Waals surface area contributed by atoms with Crippen LogP contribution in [0.15, 0.2) is 0 Å². The second kappa shape index (κ2) is 27.9. The van der Waals surface area contributed by atoms with Gasteiger partial charge in [-0.05, 0) is 49.4 Å². The Morgan fingerprint density at radius 1 is 0.508 bits per heavy atom. The smallest absolute Gasteiger partial charge is 0.326 e. The van der Waals surface area contributed by atoms with Crippen LogP contribution in [0, 0.1) is 29.6 Å². The molecule has 0 radical (unpaired) electrons. The fourth-order valence-electron chi connectivity index (χ4n) is 5.89. The van der Waals surface area contributed by atoms with Gasteiger partial charge >= 0.3 is 5.97 Å². The quantitative estimate of drug-likeness (QED) is 0.0396. The van der Waals surface area contributed by atoms with E-state index in [4.69, 9.17) is 5.73 Å². The molecule has 350 valence electrons. The number of rotatable bonds is 28. The van der Waals surface area contributed by atoms with Crippen molar-refractivity contribution >= 4 is 53.2 Å². The normalized spacial score (nSPS) is 16.3. The van der Waals surface area contributed by atoms with Crippen LogP contribution in [0.2, 0.25) is 0 Å². The van der Waals surface area contributed by atoms with E-state index in [1.807, 2.05) is 13.8 Å². The van der Waals surface area contributed by atoms with Gasteiger partial charge in [-0.3, -0.25) is 38.4 Å². The van der Waals surface area contributed by atoms with E-state index in [2.05, 4.69) is 42.5 Å². The molecular formula is C40H73N9O12. The molecule has 0 saturated carbocycles. The summed E-state index contributed by atoms with van der Waals surface area (Å²) in [5, 5.41) is 49.1.